The Morgan fingerprint density at radius 2 is 1.87 bits per heavy atom. The number of methoxy groups -OCH3 is 1. The molecule has 1 amide bonds. The molecule has 8 heteroatoms. The van der Waals surface area contributed by atoms with Gasteiger partial charge in [0.25, 0.3) is 0 Å². The van der Waals surface area contributed by atoms with Crippen molar-refractivity contribution in [3.63, 3.8) is 0 Å². The predicted octanol–water partition coefficient (Wildman–Crippen LogP) is 4.15. The van der Waals surface area contributed by atoms with Crippen molar-refractivity contribution < 1.29 is 23.5 Å². The summed E-state index contributed by atoms with van der Waals surface area (Å²) in [4.78, 5) is 24.4. The van der Waals surface area contributed by atoms with E-state index in [9.17, 15) is 9.59 Å². The summed E-state index contributed by atoms with van der Waals surface area (Å²) in [6.45, 7) is 7.87. The van der Waals surface area contributed by atoms with Gasteiger partial charge in [-0.25, -0.2) is 9.59 Å². The van der Waals surface area contributed by atoms with Gasteiger partial charge in [0, 0.05) is 5.56 Å². The summed E-state index contributed by atoms with van der Waals surface area (Å²) < 4.78 is 16.2. The number of benzene rings is 1. The molecule has 1 heterocycles. The van der Waals surface area contributed by atoms with Crippen LogP contribution in [0.5, 0.6) is 0 Å². The van der Waals surface area contributed by atoms with E-state index < -0.39 is 24.2 Å². The molecule has 2 rings (SSSR count). The van der Waals surface area contributed by atoms with Gasteiger partial charge < -0.3 is 19.2 Å². The Kier molecular flexibility index (Phi) is 8.38. The van der Waals surface area contributed by atoms with Gasteiger partial charge >= 0.3 is 12.1 Å². The lowest BCUT2D eigenvalue weighted by molar-refractivity contribution is -0.143. The topological polar surface area (TPSA) is 104 Å². The number of ether oxygens (including phenoxy) is 2. The zero-order valence-corrected chi connectivity index (χ0v) is 18.3. The van der Waals surface area contributed by atoms with Crippen molar-refractivity contribution in [2.24, 2.45) is 5.41 Å². The lowest BCUT2D eigenvalue weighted by Crippen LogP contribution is -2.45. The van der Waals surface area contributed by atoms with E-state index >= 15 is 0 Å². The number of amides is 1. The van der Waals surface area contributed by atoms with Crippen molar-refractivity contribution in [1.29, 1.82) is 0 Å². The van der Waals surface area contributed by atoms with Gasteiger partial charge in [-0.1, -0.05) is 58.7 Å². The van der Waals surface area contributed by atoms with Crippen LogP contribution < -0.4 is 5.32 Å². The normalized spacial score (nSPS) is 13.4. The number of carbonyl (C=O) groups excluding carboxylic acids is 2. The van der Waals surface area contributed by atoms with Crippen LogP contribution in [0.2, 0.25) is 0 Å². The van der Waals surface area contributed by atoms with Gasteiger partial charge in [-0.3, -0.25) is 0 Å². The number of rotatable bonds is 9. The minimum Gasteiger partial charge on any atom is -0.467 e. The molecule has 1 aromatic heterocycles. The van der Waals surface area contributed by atoms with Gasteiger partial charge in [0.05, 0.1) is 13.5 Å². The number of hydrogen-bond donors (Lipinski definition) is 1. The van der Waals surface area contributed by atoms with Crippen LogP contribution in [-0.2, 0) is 20.7 Å². The Morgan fingerprint density at radius 1 is 1.17 bits per heavy atom. The fourth-order valence-corrected chi connectivity index (χ4v) is 2.82. The number of aromatic nitrogens is 2. The second kappa shape index (κ2) is 10.8. The molecule has 0 spiro atoms. The van der Waals surface area contributed by atoms with Crippen LogP contribution in [0.4, 0.5) is 4.79 Å². The molecule has 30 heavy (non-hydrogen) atoms. The first kappa shape index (κ1) is 23.4. The molecule has 1 N–H and O–H groups in total. The summed E-state index contributed by atoms with van der Waals surface area (Å²) in [7, 11) is 1.30. The smallest absolute Gasteiger partial charge is 0.408 e. The minimum absolute atomic E-state index is 0.259. The Balaban J connectivity index is 2.06. The summed E-state index contributed by atoms with van der Waals surface area (Å²) in [5.41, 5.74) is 0.433. The molecule has 0 unspecified atom stereocenters. The molecule has 0 fully saturated rings. The zero-order valence-electron chi connectivity index (χ0n) is 18.3. The fraction of sp³-hybridized carbons (Fsp3) is 0.545. The molecule has 1 aromatic carbocycles. The molecule has 2 atom stereocenters. The van der Waals surface area contributed by atoms with Gasteiger partial charge in [-0.2, -0.15) is 0 Å². The van der Waals surface area contributed by atoms with E-state index in [-0.39, 0.29) is 11.8 Å². The summed E-state index contributed by atoms with van der Waals surface area (Å²) in [6, 6.07) is 8.71. The van der Waals surface area contributed by atoms with Crippen LogP contribution in [0.1, 0.15) is 52.8 Å². The molecule has 0 aliphatic carbocycles. The van der Waals surface area contributed by atoms with Gasteiger partial charge in [-0.05, 0) is 24.0 Å². The van der Waals surface area contributed by atoms with Crippen molar-refractivity contribution >= 4 is 12.1 Å². The van der Waals surface area contributed by atoms with Gasteiger partial charge in [0.1, 0.15) is 12.1 Å². The molecule has 0 bridgehead atoms. The number of alkyl carbamates (subject to hydrolysis) is 1. The van der Waals surface area contributed by atoms with E-state index in [0.717, 1.165) is 18.4 Å². The lowest BCUT2D eigenvalue weighted by atomic mass is 9.87. The lowest BCUT2D eigenvalue weighted by Gasteiger charge is -2.30. The highest BCUT2D eigenvalue weighted by Crippen LogP contribution is 2.27. The Labute approximate surface area is 177 Å². The molecular formula is C22H31N3O5. The monoisotopic (exact) mass is 417 g/mol. The van der Waals surface area contributed by atoms with Crippen molar-refractivity contribution in [3.05, 3.63) is 36.2 Å². The van der Waals surface area contributed by atoms with Gasteiger partial charge in [-0.15, -0.1) is 10.2 Å². The number of carbonyl (C=O) groups is 2. The van der Waals surface area contributed by atoms with E-state index in [1.165, 1.54) is 7.11 Å². The molecule has 164 valence electrons. The Hall–Kier alpha value is -2.90. The maximum Gasteiger partial charge on any atom is 0.408 e. The van der Waals surface area contributed by atoms with E-state index in [1.54, 1.807) is 0 Å². The van der Waals surface area contributed by atoms with Crippen molar-refractivity contribution in [3.8, 4) is 11.5 Å². The largest absolute Gasteiger partial charge is 0.467 e. The molecule has 8 nitrogen and oxygen atoms in total. The van der Waals surface area contributed by atoms with Crippen LogP contribution in [0.3, 0.4) is 0 Å². The third-order valence-corrected chi connectivity index (χ3v) is 4.69. The highest BCUT2D eigenvalue weighted by molar-refractivity contribution is 5.81. The average molecular weight is 418 g/mol. The third-order valence-electron chi connectivity index (χ3n) is 4.69. The highest BCUT2D eigenvalue weighted by Gasteiger charge is 2.32. The van der Waals surface area contributed by atoms with Crippen LogP contribution in [-0.4, -0.2) is 41.5 Å². The van der Waals surface area contributed by atoms with Crippen LogP contribution in [0.25, 0.3) is 11.5 Å². The summed E-state index contributed by atoms with van der Waals surface area (Å²) in [6.07, 6.45) is 1.22. The molecular weight excluding hydrogens is 386 g/mol. The van der Waals surface area contributed by atoms with Crippen molar-refractivity contribution in [2.45, 2.75) is 65.5 Å². The maximum atomic E-state index is 12.5. The standard InChI is InChI=1S/C22H31N3O5/c1-6-7-13-16(20(26)28-5)23-21(27)29-17(22(2,3)4)14-18-24-25-19(30-18)15-11-9-8-10-12-15/h8-12,16-17H,6-7,13-14H2,1-5H3,(H,23,27)/t16-,17+/m0/s1. The van der Waals surface area contributed by atoms with E-state index in [0.29, 0.717) is 18.2 Å². The first-order chi connectivity index (χ1) is 14.2. The summed E-state index contributed by atoms with van der Waals surface area (Å²) in [5, 5.41) is 10.8. The highest BCUT2D eigenvalue weighted by atomic mass is 16.6. The molecule has 2 aromatic rings. The zero-order chi connectivity index (χ0) is 22.1. The van der Waals surface area contributed by atoms with Crippen LogP contribution >= 0.6 is 0 Å². The van der Waals surface area contributed by atoms with Crippen molar-refractivity contribution in [1.82, 2.24) is 15.5 Å². The average Bonchev–Trinajstić information content (AvgIpc) is 3.18. The predicted molar refractivity (Wildman–Crippen MR) is 112 cm³/mol. The molecule has 0 aliphatic heterocycles. The first-order valence-corrected chi connectivity index (χ1v) is 10.2. The summed E-state index contributed by atoms with van der Waals surface area (Å²) in [5.74, 6) is 0.294. The summed E-state index contributed by atoms with van der Waals surface area (Å²) >= 11 is 0. The van der Waals surface area contributed by atoms with Gasteiger partial charge in [0.15, 0.2) is 0 Å². The first-order valence-electron chi connectivity index (χ1n) is 10.2. The van der Waals surface area contributed by atoms with E-state index in [1.807, 2.05) is 58.0 Å². The third kappa shape index (κ3) is 6.86. The van der Waals surface area contributed by atoms with E-state index in [4.69, 9.17) is 13.9 Å². The second-order valence-electron chi connectivity index (χ2n) is 8.19. The Bertz CT molecular complexity index is 814. The number of hydrogen-bond acceptors (Lipinski definition) is 7. The van der Waals surface area contributed by atoms with Gasteiger partial charge in [0.2, 0.25) is 11.8 Å². The van der Waals surface area contributed by atoms with E-state index in [2.05, 4.69) is 15.5 Å². The molecule has 0 radical (unpaired) electrons. The Morgan fingerprint density at radius 3 is 2.47 bits per heavy atom. The quantitative estimate of drug-likeness (QED) is 0.611. The molecule has 0 aliphatic rings. The number of esters is 1. The minimum atomic E-state index is -0.740. The number of nitrogens with zero attached hydrogens (tertiary/aromatic N) is 2. The second-order valence-corrected chi connectivity index (χ2v) is 8.19. The molecule has 0 saturated heterocycles. The van der Waals surface area contributed by atoms with Crippen LogP contribution in [0, 0.1) is 5.41 Å². The van der Waals surface area contributed by atoms with Crippen LogP contribution in [0.15, 0.2) is 34.7 Å². The number of nitrogens with one attached hydrogen (secondary N) is 1. The van der Waals surface area contributed by atoms with Crippen molar-refractivity contribution in [2.75, 3.05) is 7.11 Å². The SMILES string of the molecule is CCCC[C@H](NC(=O)O[C@H](Cc1nnc(-c2ccccc2)o1)C(C)(C)C)C(=O)OC. The fourth-order valence-electron chi connectivity index (χ4n) is 2.82. The maximum absolute atomic E-state index is 12.5. The molecule has 0 saturated carbocycles. The number of unbranched alkanes of at least 4 members (excludes halogenated alkanes) is 1.